The number of hydrogen-bond donors (Lipinski definition) is 0. The van der Waals surface area contributed by atoms with Crippen LogP contribution in [0.1, 0.15) is 19.4 Å². The van der Waals surface area contributed by atoms with Crippen LogP contribution < -0.4 is 4.74 Å². The summed E-state index contributed by atoms with van der Waals surface area (Å²) >= 11 is 9.46. The van der Waals surface area contributed by atoms with E-state index in [0.717, 1.165) is 10.0 Å². The molecule has 0 N–H and O–H groups in total. The molecular formula is C17H17BrClNO3S. The van der Waals surface area contributed by atoms with Crippen LogP contribution in [0, 0.1) is 5.92 Å². The van der Waals surface area contributed by atoms with Crippen molar-refractivity contribution in [2.75, 3.05) is 6.54 Å². The highest BCUT2D eigenvalue weighted by Crippen LogP contribution is 2.39. The van der Waals surface area contributed by atoms with Gasteiger partial charge in [-0.05, 0) is 42.3 Å². The summed E-state index contributed by atoms with van der Waals surface area (Å²) in [5.41, 5.74) is 0.814. The maximum Gasteiger partial charge on any atom is 0.247 e. The number of sulfonamides is 1. The normalized spacial score (nSPS) is 16.7. The molecule has 0 atom stereocenters. The number of hydrogen-bond acceptors (Lipinski definition) is 3. The van der Waals surface area contributed by atoms with E-state index in [9.17, 15) is 8.42 Å². The van der Waals surface area contributed by atoms with Gasteiger partial charge in [0.05, 0.1) is 0 Å². The highest BCUT2D eigenvalue weighted by molar-refractivity contribution is 9.10. The largest absolute Gasteiger partial charge is 0.456 e. The SMILES string of the molecule is CC(C)CN1Cc2cc(Br)ccc2Oc2ccc(Cl)cc2S1(=O)=O. The van der Waals surface area contributed by atoms with Gasteiger partial charge < -0.3 is 4.74 Å². The molecule has 1 aliphatic rings. The van der Waals surface area contributed by atoms with Crippen molar-refractivity contribution in [2.45, 2.75) is 25.3 Å². The molecule has 2 aromatic carbocycles. The van der Waals surface area contributed by atoms with Crippen LogP contribution in [0.25, 0.3) is 0 Å². The van der Waals surface area contributed by atoms with E-state index in [-0.39, 0.29) is 23.1 Å². The topological polar surface area (TPSA) is 46.6 Å². The predicted molar refractivity (Wildman–Crippen MR) is 98.1 cm³/mol. The fraction of sp³-hybridized carbons (Fsp3) is 0.294. The summed E-state index contributed by atoms with van der Waals surface area (Å²) in [4.78, 5) is 0.101. The Bertz CT molecular complexity index is 883. The Kier molecular flexibility index (Phi) is 4.93. The molecule has 1 aliphatic heterocycles. The van der Waals surface area contributed by atoms with Crippen LogP contribution in [0.15, 0.2) is 45.8 Å². The molecule has 0 unspecified atom stereocenters. The molecule has 24 heavy (non-hydrogen) atoms. The van der Waals surface area contributed by atoms with Gasteiger partial charge in [0.2, 0.25) is 10.0 Å². The molecule has 4 nitrogen and oxygen atoms in total. The Labute approximate surface area is 155 Å². The molecule has 3 rings (SSSR count). The van der Waals surface area contributed by atoms with E-state index in [4.69, 9.17) is 16.3 Å². The van der Waals surface area contributed by atoms with Crippen molar-refractivity contribution >= 4 is 37.6 Å². The zero-order valence-corrected chi connectivity index (χ0v) is 16.5. The summed E-state index contributed by atoms with van der Waals surface area (Å²) in [5, 5.41) is 0.363. The van der Waals surface area contributed by atoms with E-state index < -0.39 is 10.0 Å². The molecule has 0 amide bonds. The first-order valence-electron chi connectivity index (χ1n) is 7.53. The Morgan fingerprint density at radius 1 is 1.21 bits per heavy atom. The summed E-state index contributed by atoms with van der Waals surface area (Å²) in [6.45, 7) is 4.65. The quantitative estimate of drug-likeness (QED) is 0.669. The molecule has 128 valence electrons. The number of halogens is 2. The highest BCUT2D eigenvalue weighted by atomic mass is 79.9. The van der Waals surface area contributed by atoms with E-state index >= 15 is 0 Å². The number of nitrogens with zero attached hydrogens (tertiary/aromatic N) is 1. The summed E-state index contributed by atoms with van der Waals surface area (Å²) in [6.07, 6.45) is 0. The molecule has 0 aliphatic carbocycles. The van der Waals surface area contributed by atoms with Crippen LogP contribution in [0.4, 0.5) is 0 Å². The second-order valence-electron chi connectivity index (χ2n) is 6.14. The predicted octanol–water partition coefficient (Wildman–Crippen LogP) is 5.06. The summed E-state index contributed by atoms with van der Waals surface area (Å²) in [5.74, 6) is 1.13. The van der Waals surface area contributed by atoms with E-state index in [0.29, 0.717) is 17.3 Å². The molecule has 0 aromatic heterocycles. The van der Waals surface area contributed by atoms with Crippen LogP contribution in [0.2, 0.25) is 5.02 Å². The average molecular weight is 431 g/mol. The second kappa shape index (κ2) is 6.67. The minimum atomic E-state index is -3.71. The van der Waals surface area contributed by atoms with Gasteiger partial charge in [-0.3, -0.25) is 0 Å². The van der Waals surface area contributed by atoms with E-state index in [1.54, 1.807) is 12.1 Å². The van der Waals surface area contributed by atoms with Gasteiger partial charge >= 0.3 is 0 Å². The van der Waals surface area contributed by atoms with Gasteiger partial charge in [-0.15, -0.1) is 0 Å². The number of ether oxygens (including phenoxy) is 1. The van der Waals surface area contributed by atoms with Crippen LogP contribution in [0.3, 0.4) is 0 Å². The van der Waals surface area contributed by atoms with Gasteiger partial charge in [0, 0.05) is 28.1 Å². The van der Waals surface area contributed by atoms with Crippen molar-refractivity contribution in [3.63, 3.8) is 0 Å². The number of rotatable bonds is 2. The first-order chi connectivity index (χ1) is 11.3. The molecule has 7 heteroatoms. The molecule has 0 saturated carbocycles. The van der Waals surface area contributed by atoms with Crippen LogP contribution in [-0.4, -0.2) is 19.3 Å². The zero-order valence-electron chi connectivity index (χ0n) is 13.3. The summed E-state index contributed by atoms with van der Waals surface area (Å²) < 4.78 is 34.5. The third kappa shape index (κ3) is 3.47. The fourth-order valence-electron chi connectivity index (χ4n) is 2.64. The Hall–Kier alpha value is -1.08. The highest BCUT2D eigenvalue weighted by Gasteiger charge is 2.32. The van der Waals surface area contributed by atoms with Crippen LogP contribution in [0.5, 0.6) is 11.5 Å². The smallest absolute Gasteiger partial charge is 0.247 e. The molecule has 0 fully saturated rings. The Morgan fingerprint density at radius 2 is 1.92 bits per heavy atom. The number of benzene rings is 2. The first-order valence-corrected chi connectivity index (χ1v) is 10.1. The van der Waals surface area contributed by atoms with Gasteiger partial charge in [0.15, 0.2) is 0 Å². The molecule has 0 radical (unpaired) electrons. The standard InChI is InChI=1S/C17H17BrClNO3S/c1-11(2)9-20-10-12-7-13(18)3-5-15(12)23-16-6-4-14(19)8-17(16)24(20,21)22/h3-8,11H,9-10H2,1-2H3. The molecule has 0 bridgehead atoms. The molecule has 2 aromatic rings. The van der Waals surface area contributed by atoms with Crippen LogP contribution >= 0.6 is 27.5 Å². The third-order valence-electron chi connectivity index (χ3n) is 3.68. The Morgan fingerprint density at radius 3 is 2.62 bits per heavy atom. The van der Waals surface area contributed by atoms with Crippen molar-refractivity contribution in [1.82, 2.24) is 4.31 Å². The lowest BCUT2D eigenvalue weighted by atomic mass is 10.1. The second-order valence-corrected chi connectivity index (χ2v) is 9.40. The monoisotopic (exact) mass is 429 g/mol. The van der Waals surface area contributed by atoms with Crippen molar-refractivity contribution < 1.29 is 13.2 Å². The lowest BCUT2D eigenvalue weighted by molar-refractivity contribution is 0.346. The lowest BCUT2D eigenvalue weighted by Crippen LogP contribution is -2.35. The average Bonchev–Trinajstić information content (AvgIpc) is 2.49. The zero-order chi connectivity index (χ0) is 17.5. The molecule has 0 spiro atoms. The fourth-order valence-corrected chi connectivity index (χ4v) is 5.01. The Balaban J connectivity index is 2.22. The van der Waals surface area contributed by atoms with Gasteiger partial charge in [-0.1, -0.05) is 41.4 Å². The van der Waals surface area contributed by atoms with E-state index in [1.165, 1.54) is 10.4 Å². The minimum Gasteiger partial charge on any atom is -0.456 e. The van der Waals surface area contributed by atoms with Crippen molar-refractivity contribution in [2.24, 2.45) is 5.92 Å². The maximum absolute atomic E-state index is 13.1. The lowest BCUT2D eigenvalue weighted by Gasteiger charge is -2.28. The van der Waals surface area contributed by atoms with Gasteiger partial charge in [-0.2, -0.15) is 4.31 Å². The molecule has 1 heterocycles. The van der Waals surface area contributed by atoms with E-state index in [2.05, 4.69) is 15.9 Å². The van der Waals surface area contributed by atoms with Crippen molar-refractivity contribution in [1.29, 1.82) is 0 Å². The summed E-state index contributed by atoms with van der Waals surface area (Å²) in [7, 11) is -3.71. The first kappa shape index (κ1) is 17.7. The molecule has 0 saturated heterocycles. The minimum absolute atomic E-state index is 0.101. The van der Waals surface area contributed by atoms with E-state index in [1.807, 2.05) is 32.0 Å². The van der Waals surface area contributed by atoms with Crippen molar-refractivity contribution in [3.05, 3.63) is 51.5 Å². The van der Waals surface area contributed by atoms with Crippen molar-refractivity contribution in [3.8, 4) is 11.5 Å². The molecular weight excluding hydrogens is 414 g/mol. The maximum atomic E-state index is 13.1. The van der Waals surface area contributed by atoms with Gasteiger partial charge in [0.25, 0.3) is 0 Å². The van der Waals surface area contributed by atoms with Gasteiger partial charge in [-0.25, -0.2) is 8.42 Å². The number of fused-ring (bicyclic) bond motifs is 2. The van der Waals surface area contributed by atoms with Crippen LogP contribution in [-0.2, 0) is 16.6 Å². The van der Waals surface area contributed by atoms with Gasteiger partial charge in [0.1, 0.15) is 16.4 Å². The summed E-state index contributed by atoms with van der Waals surface area (Å²) in [6, 6.07) is 10.3. The third-order valence-corrected chi connectivity index (χ3v) is 6.24.